The number of carbonyl (C=O) groups is 1. The zero-order valence-corrected chi connectivity index (χ0v) is 16.7. The molecule has 1 amide bonds. The van der Waals surface area contributed by atoms with E-state index in [1.165, 1.54) is 0 Å². The van der Waals surface area contributed by atoms with E-state index in [0.29, 0.717) is 25.6 Å². The number of rotatable bonds is 7. The van der Waals surface area contributed by atoms with Crippen LogP contribution in [-0.4, -0.2) is 73.8 Å². The lowest BCUT2D eigenvalue weighted by Crippen LogP contribution is -2.44. The molecule has 150 valence electrons. The Balaban J connectivity index is 1.67. The number of hydrogen-bond acceptors (Lipinski definition) is 7. The van der Waals surface area contributed by atoms with E-state index in [-0.39, 0.29) is 11.9 Å². The Bertz CT molecular complexity index is 630. The summed E-state index contributed by atoms with van der Waals surface area (Å²) < 4.78 is 5.08. The van der Waals surface area contributed by atoms with Gasteiger partial charge in [-0.15, -0.1) is 0 Å². The molecule has 0 radical (unpaired) electrons. The second-order valence-corrected chi connectivity index (χ2v) is 7.51. The van der Waals surface area contributed by atoms with Gasteiger partial charge in [0.1, 0.15) is 11.6 Å². The van der Waals surface area contributed by atoms with Crippen LogP contribution in [0.15, 0.2) is 0 Å². The number of hydrogen-bond donors (Lipinski definition) is 3. The first-order chi connectivity index (χ1) is 13.1. The predicted octanol–water partition coefficient (Wildman–Crippen LogP) is 0.495. The van der Waals surface area contributed by atoms with Gasteiger partial charge in [-0.25, -0.2) is 9.97 Å². The number of nitrogens with one attached hydrogen (secondary N) is 3. The van der Waals surface area contributed by atoms with Crippen molar-refractivity contribution in [3.8, 4) is 0 Å². The van der Waals surface area contributed by atoms with Crippen LogP contribution in [0.2, 0.25) is 0 Å². The van der Waals surface area contributed by atoms with Crippen molar-refractivity contribution in [2.24, 2.45) is 0 Å². The maximum Gasteiger partial charge on any atom is 0.234 e. The van der Waals surface area contributed by atoms with Gasteiger partial charge < -0.3 is 20.7 Å². The number of anilines is 1. The van der Waals surface area contributed by atoms with E-state index in [1.54, 1.807) is 7.11 Å². The van der Waals surface area contributed by atoms with Crippen LogP contribution in [0.5, 0.6) is 0 Å². The number of fused-ring (bicyclic) bond motifs is 1. The van der Waals surface area contributed by atoms with E-state index in [2.05, 4.69) is 20.9 Å². The van der Waals surface area contributed by atoms with Gasteiger partial charge in [0, 0.05) is 51.2 Å². The lowest BCUT2D eigenvalue weighted by molar-refractivity contribution is -0.123. The van der Waals surface area contributed by atoms with Crippen molar-refractivity contribution in [1.82, 2.24) is 25.5 Å². The summed E-state index contributed by atoms with van der Waals surface area (Å²) >= 11 is 0. The summed E-state index contributed by atoms with van der Waals surface area (Å²) in [6.07, 6.45) is 3.03. The molecule has 1 unspecified atom stereocenters. The summed E-state index contributed by atoms with van der Waals surface area (Å²) in [5.74, 6) is 2.35. The summed E-state index contributed by atoms with van der Waals surface area (Å²) in [5, 5.41) is 9.62. The fraction of sp³-hybridized carbons (Fsp3) is 0.737. The summed E-state index contributed by atoms with van der Waals surface area (Å²) in [6, 6.07) is 0.0170. The van der Waals surface area contributed by atoms with Crippen molar-refractivity contribution >= 4 is 11.7 Å². The number of aromatic nitrogens is 2. The molecule has 0 bridgehead atoms. The maximum absolute atomic E-state index is 12.3. The standard InChI is InChI=1S/C19H32N6O2/c1-13(12-27-3)22-17(26)11-25-9-6-16-15(10-25)19(20-2)24-18(23-16)14-4-7-21-8-5-14/h13-14,21H,4-12H2,1-3H3,(H,22,26)(H,20,23,24). The normalized spacial score (nSPS) is 19.4. The molecule has 1 aromatic heterocycles. The number of piperidine rings is 1. The summed E-state index contributed by atoms with van der Waals surface area (Å²) in [6.45, 7) is 6.45. The molecule has 8 nitrogen and oxygen atoms in total. The highest BCUT2D eigenvalue weighted by Gasteiger charge is 2.26. The summed E-state index contributed by atoms with van der Waals surface area (Å²) in [5.41, 5.74) is 2.26. The van der Waals surface area contributed by atoms with Crippen LogP contribution in [0, 0.1) is 0 Å². The van der Waals surface area contributed by atoms with Crippen LogP contribution in [0.25, 0.3) is 0 Å². The lowest BCUT2D eigenvalue weighted by atomic mass is 9.96. The lowest BCUT2D eigenvalue weighted by Gasteiger charge is -2.30. The van der Waals surface area contributed by atoms with Crippen LogP contribution in [0.3, 0.4) is 0 Å². The number of ether oxygens (including phenoxy) is 1. The molecule has 3 heterocycles. The maximum atomic E-state index is 12.3. The molecule has 2 aliphatic heterocycles. The van der Waals surface area contributed by atoms with Crippen LogP contribution >= 0.6 is 0 Å². The number of nitrogens with zero attached hydrogens (tertiary/aromatic N) is 3. The van der Waals surface area contributed by atoms with Crippen molar-refractivity contribution in [2.45, 2.75) is 44.7 Å². The zero-order valence-electron chi connectivity index (χ0n) is 16.7. The van der Waals surface area contributed by atoms with Crippen LogP contribution in [-0.2, 0) is 22.5 Å². The molecule has 2 aliphatic rings. The average Bonchev–Trinajstić information content (AvgIpc) is 2.67. The monoisotopic (exact) mass is 376 g/mol. The first-order valence-electron chi connectivity index (χ1n) is 9.89. The van der Waals surface area contributed by atoms with Crippen molar-refractivity contribution in [3.05, 3.63) is 17.1 Å². The molecule has 0 aromatic carbocycles. The van der Waals surface area contributed by atoms with Crippen LogP contribution in [0.4, 0.5) is 5.82 Å². The third-order valence-corrected chi connectivity index (χ3v) is 5.29. The van der Waals surface area contributed by atoms with Gasteiger partial charge in [-0.2, -0.15) is 0 Å². The van der Waals surface area contributed by atoms with E-state index in [4.69, 9.17) is 14.7 Å². The minimum Gasteiger partial charge on any atom is -0.383 e. The highest BCUT2D eigenvalue weighted by atomic mass is 16.5. The number of methoxy groups -OCH3 is 1. The third-order valence-electron chi connectivity index (χ3n) is 5.29. The molecule has 1 atom stereocenters. The van der Waals surface area contributed by atoms with Gasteiger partial charge in [-0.3, -0.25) is 9.69 Å². The van der Waals surface area contributed by atoms with Crippen LogP contribution < -0.4 is 16.0 Å². The average molecular weight is 377 g/mol. The topological polar surface area (TPSA) is 91.4 Å². The highest BCUT2D eigenvalue weighted by molar-refractivity contribution is 5.78. The first kappa shape index (κ1) is 20.0. The fourth-order valence-electron chi connectivity index (χ4n) is 3.91. The van der Waals surface area contributed by atoms with E-state index in [1.807, 2.05) is 14.0 Å². The molecule has 1 saturated heterocycles. The highest BCUT2D eigenvalue weighted by Crippen LogP contribution is 2.28. The fourth-order valence-corrected chi connectivity index (χ4v) is 3.91. The Hall–Kier alpha value is -1.77. The van der Waals surface area contributed by atoms with Gasteiger partial charge in [0.05, 0.1) is 18.8 Å². The van der Waals surface area contributed by atoms with Crippen molar-refractivity contribution < 1.29 is 9.53 Å². The molecule has 1 aromatic rings. The number of amides is 1. The van der Waals surface area contributed by atoms with Gasteiger partial charge in [0.25, 0.3) is 0 Å². The van der Waals surface area contributed by atoms with Gasteiger partial charge >= 0.3 is 0 Å². The Morgan fingerprint density at radius 1 is 1.37 bits per heavy atom. The van der Waals surface area contributed by atoms with Crippen LogP contribution in [0.1, 0.15) is 42.8 Å². The van der Waals surface area contributed by atoms with E-state index >= 15 is 0 Å². The Kier molecular flexibility index (Phi) is 6.98. The molecule has 1 fully saturated rings. The zero-order chi connectivity index (χ0) is 19.2. The smallest absolute Gasteiger partial charge is 0.234 e. The first-order valence-corrected chi connectivity index (χ1v) is 9.89. The quantitative estimate of drug-likeness (QED) is 0.638. The van der Waals surface area contributed by atoms with Gasteiger partial charge in [0.15, 0.2) is 0 Å². The van der Waals surface area contributed by atoms with Crippen molar-refractivity contribution in [3.63, 3.8) is 0 Å². The van der Waals surface area contributed by atoms with Crippen molar-refractivity contribution in [1.29, 1.82) is 0 Å². The largest absolute Gasteiger partial charge is 0.383 e. The minimum absolute atomic E-state index is 0.0170. The second-order valence-electron chi connectivity index (χ2n) is 7.51. The minimum atomic E-state index is 0.0170. The molecule has 27 heavy (non-hydrogen) atoms. The van der Waals surface area contributed by atoms with E-state index < -0.39 is 0 Å². The molecule has 3 rings (SSSR count). The molecule has 3 N–H and O–H groups in total. The molecule has 8 heteroatoms. The van der Waals surface area contributed by atoms with Crippen molar-refractivity contribution in [2.75, 3.05) is 52.3 Å². The Morgan fingerprint density at radius 3 is 2.85 bits per heavy atom. The molecule has 0 aliphatic carbocycles. The second kappa shape index (κ2) is 9.43. The Morgan fingerprint density at radius 2 is 2.15 bits per heavy atom. The third kappa shape index (κ3) is 5.15. The van der Waals surface area contributed by atoms with E-state index in [9.17, 15) is 4.79 Å². The van der Waals surface area contributed by atoms with Gasteiger partial charge in [0.2, 0.25) is 5.91 Å². The SMILES string of the molecule is CNc1nc(C2CCNCC2)nc2c1CN(CC(=O)NC(C)COC)CC2. The summed E-state index contributed by atoms with van der Waals surface area (Å²) in [7, 11) is 3.55. The van der Waals surface area contributed by atoms with Gasteiger partial charge in [-0.1, -0.05) is 0 Å². The van der Waals surface area contributed by atoms with Gasteiger partial charge in [-0.05, 0) is 32.9 Å². The molecule has 0 saturated carbocycles. The number of carbonyl (C=O) groups excluding carboxylic acids is 1. The molecule has 0 spiro atoms. The molecular weight excluding hydrogens is 344 g/mol. The van der Waals surface area contributed by atoms with E-state index in [0.717, 1.165) is 61.8 Å². The Labute approximate surface area is 161 Å². The molecular formula is C19H32N6O2. The summed E-state index contributed by atoms with van der Waals surface area (Å²) in [4.78, 5) is 24.2. The predicted molar refractivity (Wildman–Crippen MR) is 105 cm³/mol.